The average Bonchev–Trinajstić information content (AvgIpc) is 2.98. The van der Waals surface area contributed by atoms with E-state index >= 15 is 0 Å². The van der Waals surface area contributed by atoms with Crippen molar-refractivity contribution in [2.75, 3.05) is 6.61 Å². The van der Waals surface area contributed by atoms with Crippen LogP contribution in [0.3, 0.4) is 0 Å². The van der Waals surface area contributed by atoms with Crippen LogP contribution in [-0.2, 0) is 19.9 Å². The minimum absolute atomic E-state index is 0.00331. The summed E-state index contributed by atoms with van der Waals surface area (Å²) in [5, 5.41) is 9.02. The van der Waals surface area contributed by atoms with Gasteiger partial charge in [0.15, 0.2) is 5.78 Å². The van der Waals surface area contributed by atoms with E-state index < -0.39 is 0 Å². The predicted molar refractivity (Wildman–Crippen MR) is 107 cm³/mol. The first-order chi connectivity index (χ1) is 12.4. The number of nitrogens with two attached hydrogens (primary N) is 1. The summed E-state index contributed by atoms with van der Waals surface area (Å²) < 4.78 is 1.97. The second-order valence-electron chi connectivity index (χ2n) is 7.31. The Morgan fingerprint density at radius 3 is 2.62 bits per heavy atom. The largest absolute Gasteiger partial charge is 0.395 e. The van der Waals surface area contributed by atoms with E-state index in [0.29, 0.717) is 6.42 Å². The molecule has 4 heteroatoms. The Bertz CT molecular complexity index is 734. The summed E-state index contributed by atoms with van der Waals surface area (Å²) in [7, 11) is 1.93. The van der Waals surface area contributed by atoms with Crippen LogP contribution in [-0.4, -0.2) is 28.1 Å². The van der Waals surface area contributed by atoms with Gasteiger partial charge in [0.2, 0.25) is 0 Å². The zero-order chi connectivity index (χ0) is 19.1. The van der Waals surface area contributed by atoms with E-state index in [4.69, 9.17) is 10.8 Å². The number of carbonyl (C=O) groups excluding carboxylic acids is 1. The van der Waals surface area contributed by atoms with Crippen molar-refractivity contribution in [1.29, 1.82) is 0 Å². The maximum atomic E-state index is 12.5. The van der Waals surface area contributed by atoms with E-state index in [1.54, 1.807) is 0 Å². The van der Waals surface area contributed by atoms with Crippen LogP contribution in [0.2, 0.25) is 0 Å². The van der Waals surface area contributed by atoms with E-state index in [1.807, 2.05) is 23.7 Å². The van der Waals surface area contributed by atoms with Gasteiger partial charge < -0.3 is 15.4 Å². The molecule has 0 amide bonds. The molecule has 0 spiro atoms. The smallest absolute Gasteiger partial charge is 0.179 e. The van der Waals surface area contributed by atoms with E-state index in [1.165, 1.54) is 16.7 Å². The van der Waals surface area contributed by atoms with Crippen molar-refractivity contribution in [1.82, 2.24) is 4.57 Å². The lowest BCUT2D eigenvalue weighted by molar-refractivity contribution is 0.0971. The molecular formula is C22H32N2O2. The first-order valence-corrected chi connectivity index (χ1v) is 9.52. The highest BCUT2D eigenvalue weighted by atomic mass is 16.3. The third-order valence-corrected chi connectivity index (χ3v) is 5.12. The van der Waals surface area contributed by atoms with Crippen LogP contribution >= 0.6 is 0 Å². The van der Waals surface area contributed by atoms with Gasteiger partial charge in [0.05, 0.1) is 12.3 Å². The van der Waals surface area contributed by atoms with Gasteiger partial charge in [0, 0.05) is 25.2 Å². The Hall–Kier alpha value is -1.91. The second-order valence-corrected chi connectivity index (χ2v) is 7.31. The highest BCUT2D eigenvalue weighted by molar-refractivity contribution is 5.94. The minimum atomic E-state index is -0.200. The zero-order valence-corrected chi connectivity index (χ0v) is 16.3. The summed E-state index contributed by atoms with van der Waals surface area (Å²) >= 11 is 0. The lowest BCUT2D eigenvalue weighted by Gasteiger charge is -2.10. The normalized spacial score (nSPS) is 12.3. The van der Waals surface area contributed by atoms with E-state index in [-0.39, 0.29) is 18.4 Å². The van der Waals surface area contributed by atoms with Crippen molar-refractivity contribution in [2.45, 2.75) is 58.4 Å². The molecule has 26 heavy (non-hydrogen) atoms. The molecule has 1 heterocycles. The van der Waals surface area contributed by atoms with Gasteiger partial charge in [0.1, 0.15) is 0 Å². The molecule has 1 aromatic carbocycles. The SMILES string of the molecule is Cc1ccc(CCCCC(=O)c2ccc(CCC(N)CO)n2C)c(C)c1. The van der Waals surface area contributed by atoms with Crippen LogP contribution in [0.25, 0.3) is 0 Å². The molecule has 4 nitrogen and oxygen atoms in total. The summed E-state index contributed by atoms with van der Waals surface area (Å²) in [6.45, 7) is 4.26. The number of aryl methyl sites for hydroxylation is 4. The molecule has 0 aliphatic rings. The molecule has 0 bridgehead atoms. The van der Waals surface area contributed by atoms with Crippen LogP contribution in [0.15, 0.2) is 30.3 Å². The van der Waals surface area contributed by atoms with Crippen molar-refractivity contribution < 1.29 is 9.90 Å². The number of benzene rings is 1. The topological polar surface area (TPSA) is 68.2 Å². The standard InChI is InChI=1S/C22H32N2O2/c1-16-8-9-18(17(2)14-16)6-4-5-7-22(26)21-13-12-20(24(21)3)11-10-19(23)15-25/h8-9,12-14,19,25H,4-7,10-11,15,23H2,1-3H3. The summed E-state index contributed by atoms with van der Waals surface area (Å²) in [5.41, 5.74) is 11.6. The van der Waals surface area contributed by atoms with Crippen molar-refractivity contribution >= 4 is 5.78 Å². The fourth-order valence-corrected chi connectivity index (χ4v) is 3.36. The number of hydrogen-bond acceptors (Lipinski definition) is 3. The van der Waals surface area contributed by atoms with Crippen molar-refractivity contribution in [2.24, 2.45) is 12.8 Å². The summed E-state index contributed by atoms with van der Waals surface area (Å²) in [5.74, 6) is 0.200. The van der Waals surface area contributed by atoms with Crippen LogP contribution in [0.1, 0.15) is 58.6 Å². The molecule has 2 rings (SSSR count). The van der Waals surface area contributed by atoms with Crippen molar-refractivity contribution in [3.8, 4) is 0 Å². The molecule has 1 unspecified atom stereocenters. The quantitative estimate of drug-likeness (QED) is 0.506. The fourth-order valence-electron chi connectivity index (χ4n) is 3.36. The maximum Gasteiger partial charge on any atom is 0.179 e. The van der Waals surface area contributed by atoms with E-state index in [2.05, 4.69) is 32.0 Å². The number of Topliss-reactive ketones (excluding diaryl/α,β-unsaturated/α-hetero) is 1. The number of ketones is 1. The lowest BCUT2D eigenvalue weighted by Crippen LogP contribution is -2.25. The molecule has 1 aromatic heterocycles. The van der Waals surface area contributed by atoms with E-state index in [0.717, 1.165) is 43.5 Å². The molecule has 142 valence electrons. The molecule has 1 atom stereocenters. The number of aliphatic hydroxyl groups excluding tert-OH is 1. The molecule has 3 N–H and O–H groups in total. The molecule has 0 aliphatic carbocycles. The first kappa shape index (κ1) is 20.4. The molecule has 0 fully saturated rings. The van der Waals surface area contributed by atoms with Gasteiger partial charge >= 0.3 is 0 Å². The number of nitrogens with zero attached hydrogens (tertiary/aromatic N) is 1. The van der Waals surface area contributed by atoms with Gasteiger partial charge in [-0.3, -0.25) is 4.79 Å². The van der Waals surface area contributed by atoms with Gasteiger partial charge in [-0.25, -0.2) is 0 Å². The van der Waals surface area contributed by atoms with Gasteiger partial charge in [-0.15, -0.1) is 0 Å². The molecule has 0 radical (unpaired) electrons. The van der Waals surface area contributed by atoms with Gasteiger partial charge in [-0.1, -0.05) is 23.8 Å². The Morgan fingerprint density at radius 1 is 1.15 bits per heavy atom. The molecular weight excluding hydrogens is 324 g/mol. The summed E-state index contributed by atoms with van der Waals surface area (Å²) in [6, 6.07) is 10.3. The van der Waals surface area contributed by atoms with Crippen LogP contribution in [0.5, 0.6) is 0 Å². The molecule has 0 aliphatic heterocycles. The third-order valence-electron chi connectivity index (χ3n) is 5.12. The van der Waals surface area contributed by atoms with Gasteiger partial charge in [-0.2, -0.15) is 0 Å². The Labute approximate surface area is 157 Å². The van der Waals surface area contributed by atoms with Gasteiger partial charge in [-0.05, 0) is 69.2 Å². The zero-order valence-electron chi connectivity index (χ0n) is 16.3. The second kappa shape index (κ2) is 9.70. The predicted octanol–water partition coefficient (Wildman–Crippen LogP) is 3.49. The number of rotatable bonds is 10. The first-order valence-electron chi connectivity index (χ1n) is 9.52. The Morgan fingerprint density at radius 2 is 1.92 bits per heavy atom. The Balaban J connectivity index is 1.81. The average molecular weight is 357 g/mol. The molecule has 0 saturated heterocycles. The van der Waals surface area contributed by atoms with Crippen LogP contribution < -0.4 is 5.73 Å². The third kappa shape index (κ3) is 5.55. The summed E-state index contributed by atoms with van der Waals surface area (Å²) in [4.78, 5) is 12.5. The number of aromatic nitrogens is 1. The molecule has 0 saturated carbocycles. The fraction of sp³-hybridized carbons (Fsp3) is 0.500. The van der Waals surface area contributed by atoms with E-state index in [9.17, 15) is 4.79 Å². The van der Waals surface area contributed by atoms with Crippen molar-refractivity contribution in [3.63, 3.8) is 0 Å². The highest BCUT2D eigenvalue weighted by Gasteiger charge is 2.13. The number of aliphatic hydroxyl groups is 1. The number of carbonyl (C=O) groups is 1. The highest BCUT2D eigenvalue weighted by Crippen LogP contribution is 2.16. The minimum Gasteiger partial charge on any atom is -0.395 e. The molecule has 2 aromatic rings. The summed E-state index contributed by atoms with van der Waals surface area (Å²) in [6.07, 6.45) is 5.03. The monoisotopic (exact) mass is 356 g/mol. The number of hydrogen-bond donors (Lipinski definition) is 2. The van der Waals surface area contributed by atoms with Gasteiger partial charge in [0.25, 0.3) is 0 Å². The van der Waals surface area contributed by atoms with Crippen LogP contribution in [0.4, 0.5) is 0 Å². The Kier molecular flexibility index (Phi) is 7.61. The van der Waals surface area contributed by atoms with Crippen molar-refractivity contribution in [3.05, 3.63) is 58.4 Å². The lowest BCUT2D eigenvalue weighted by atomic mass is 9.99. The maximum absolute atomic E-state index is 12.5. The number of unbranched alkanes of at least 4 members (excludes halogenated alkanes) is 1. The van der Waals surface area contributed by atoms with Crippen LogP contribution in [0, 0.1) is 13.8 Å².